The van der Waals surface area contributed by atoms with Gasteiger partial charge in [-0.2, -0.15) is 0 Å². The van der Waals surface area contributed by atoms with Crippen molar-refractivity contribution < 1.29 is 4.39 Å². The summed E-state index contributed by atoms with van der Waals surface area (Å²) in [7, 11) is 0.421. The average Bonchev–Trinajstić information content (AvgIpc) is 2.29. The van der Waals surface area contributed by atoms with Crippen LogP contribution in [0.3, 0.4) is 0 Å². The zero-order valence-corrected chi connectivity index (χ0v) is 10.3. The Hall–Kier alpha value is -0.500. The summed E-state index contributed by atoms with van der Waals surface area (Å²) in [6.45, 7) is 0. The van der Waals surface area contributed by atoms with Crippen molar-refractivity contribution in [3.8, 4) is 0 Å². The van der Waals surface area contributed by atoms with E-state index in [2.05, 4.69) is 0 Å². The van der Waals surface area contributed by atoms with E-state index in [1.807, 2.05) is 12.1 Å². The van der Waals surface area contributed by atoms with Gasteiger partial charge in [0.05, 0.1) is 0 Å². The number of benzene rings is 1. The van der Waals surface area contributed by atoms with Gasteiger partial charge in [-0.3, -0.25) is 0 Å². The molecule has 0 spiro atoms. The van der Waals surface area contributed by atoms with Gasteiger partial charge in [-0.05, 0) is 62.8 Å². The summed E-state index contributed by atoms with van der Waals surface area (Å²) >= 11 is 0. The van der Waals surface area contributed by atoms with Crippen LogP contribution in [0.1, 0.15) is 38.5 Å². The van der Waals surface area contributed by atoms with Crippen LogP contribution in [0, 0.1) is 5.82 Å². The molecule has 16 heavy (non-hydrogen) atoms. The average molecular weight is 237 g/mol. The molecule has 0 amide bonds. The lowest BCUT2D eigenvalue weighted by Gasteiger charge is -2.34. The van der Waals surface area contributed by atoms with Gasteiger partial charge in [-0.25, -0.2) is 4.39 Å². The first kappa shape index (κ1) is 10.6. The highest BCUT2D eigenvalue weighted by molar-refractivity contribution is 7.98. The molecule has 1 aromatic carbocycles. The molecule has 2 aliphatic rings. The highest BCUT2D eigenvalue weighted by Gasteiger charge is 2.45. The normalized spacial score (nSPS) is 33.7. The maximum absolute atomic E-state index is 12.9. The van der Waals surface area contributed by atoms with Crippen LogP contribution in [0.2, 0.25) is 0 Å². The van der Waals surface area contributed by atoms with Crippen LogP contribution < -0.4 is 0 Å². The topological polar surface area (TPSA) is 0 Å². The molecule has 2 heterocycles. The Morgan fingerprint density at radius 1 is 0.875 bits per heavy atom. The fourth-order valence-corrected chi connectivity index (χ4v) is 6.64. The maximum Gasteiger partial charge on any atom is 0.155 e. The van der Waals surface area contributed by atoms with Gasteiger partial charge in [-0.15, -0.1) is 0 Å². The zero-order valence-electron chi connectivity index (χ0n) is 9.49. The van der Waals surface area contributed by atoms with E-state index in [0.29, 0.717) is 10.9 Å². The molecule has 0 nitrogen and oxygen atoms in total. The van der Waals surface area contributed by atoms with Crippen LogP contribution in [-0.2, 0) is 10.9 Å². The number of rotatable bonds is 1. The summed E-state index contributed by atoms with van der Waals surface area (Å²) in [6, 6.07) is 7.31. The van der Waals surface area contributed by atoms with Crippen molar-refractivity contribution in [3.63, 3.8) is 0 Å². The fraction of sp³-hybridized carbons (Fsp3) is 0.571. The van der Waals surface area contributed by atoms with Gasteiger partial charge in [0.1, 0.15) is 16.3 Å². The molecule has 1 aromatic rings. The molecule has 0 radical (unpaired) electrons. The fourth-order valence-electron chi connectivity index (χ4n) is 3.19. The highest BCUT2D eigenvalue weighted by Crippen LogP contribution is 2.41. The summed E-state index contributed by atoms with van der Waals surface area (Å²) in [4.78, 5) is 1.41. The third-order valence-corrected chi connectivity index (χ3v) is 7.10. The zero-order chi connectivity index (χ0) is 11.0. The molecule has 0 atom stereocenters. The second kappa shape index (κ2) is 4.40. The van der Waals surface area contributed by atoms with Crippen molar-refractivity contribution in [2.45, 2.75) is 53.9 Å². The highest BCUT2D eigenvalue weighted by atomic mass is 32.2. The van der Waals surface area contributed by atoms with Crippen molar-refractivity contribution in [1.29, 1.82) is 0 Å². The van der Waals surface area contributed by atoms with E-state index in [9.17, 15) is 4.39 Å². The number of hydrogen-bond acceptors (Lipinski definition) is 0. The number of fused-ring (bicyclic) bond motifs is 2. The molecule has 0 unspecified atom stereocenters. The molecule has 0 aliphatic carbocycles. The minimum absolute atomic E-state index is 0.102. The van der Waals surface area contributed by atoms with E-state index in [4.69, 9.17) is 0 Å². The second-order valence-electron chi connectivity index (χ2n) is 4.93. The summed E-state index contributed by atoms with van der Waals surface area (Å²) in [5.74, 6) is -0.102. The Morgan fingerprint density at radius 3 is 1.88 bits per heavy atom. The molecule has 3 rings (SSSR count). The number of hydrogen-bond donors (Lipinski definition) is 0. The monoisotopic (exact) mass is 237 g/mol. The molecule has 2 heteroatoms. The molecule has 86 valence electrons. The second-order valence-corrected chi connectivity index (χ2v) is 7.48. The van der Waals surface area contributed by atoms with E-state index < -0.39 is 0 Å². The Balaban J connectivity index is 1.89. The van der Waals surface area contributed by atoms with Crippen LogP contribution in [-0.4, -0.2) is 10.5 Å². The molecule has 2 aliphatic heterocycles. The lowest BCUT2D eigenvalue weighted by Crippen LogP contribution is -2.40. The third-order valence-electron chi connectivity index (χ3n) is 3.91. The quantitative estimate of drug-likeness (QED) is 0.650. The van der Waals surface area contributed by atoms with Crippen LogP contribution in [0.4, 0.5) is 4.39 Å². The van der Waals surface area contributed by atoms with Gasteiger partial charge in [-0.1, -0.05) is 0 Å². The number of halogens is 1. The first-order valence-electron chi connectivity index (χ1n) is 6.32. The van der Waals surface area contributed by atoms with Gasteiger partial charge in [0.2, 0.25) is 0 Å². The summed E-state index contributed by atoms with van der Waals surface area (Å²) in [6.07, 6.45) is 8.43. The SMILES string of the molecule is Fc1ccc([S+]2C3CCCC2CCC3)cc1. The van der Waals surface area contributed by atoms with Crippen LogP contribution in [0.15, 0.2) is 29.2 Å². The molecule has 2 saturated heterocycles. The molecule has 2 bridgehead atoms. The van der Waals surface area contributed by atoms with E-state index in [-0.39, 0.29) is 5.82 Å². The largest absolute Gasteiger partial charge is 0.207 e. The standard InChI is InChI=1S/C14H18FS/c15-11-7-9-14(10-8-11)16-12-3-1-4-13(16)6-2-5-12/h7-10,12-13H,1-6H2/q+1. The van der Waals surface area contributed by atoms with E-state index in [1.54, 1.807) is 12.1 Å². The van der Waals surface area contributed by atoms with E-state index >= 15 is 0 Å². The summed E-state index contributed by atoms with van der Waals surface area (Å²) < 4.78 is 12.9. The van der Waals surface area contributed by atoms with Gasteiger partial charge in [0, 0.05) is 10.9 Å². The van der Waals surface area contributed by atoms with Crippen molar-refractivity contribution in [2.24, 2.45) is 0 Å². The third kappa shape index (κ3) is 1.88. The van der Waals surface area contributed by atoms with Gasteiger partial charge in [0.25, 0.3) is 0 Å². The predicted octanol–water partition coefficient (Wildman–Crippen LogP) is 3.91. The first-order valence-corrected chi connectivity index (χ1v) is 7.67. The lowest BCUT2D eigenvalue weighted by atomic mass is 9.99. The van der Waals surface area contributed by atoms with E-state index in [0.717, 1.165) is 10.5 Å². The van der Waals surface area contributed by atoms with Crippen molar-refractivity contribution >= 4 is 10.9 Å². The molecular formula is C14H18FS+. The Labute approximate surface area is 99.6 Å². The van der Waals surface area contributed by atoms with Crippen molar-refractivity contribution in [1.82, 2.24) is 0 Å². The predicted molar refractivity (Wildman–Crippen MR) is 67.3 cm³/mol. The molecule has 0 saturated carbocycles. The maximum atomic E-state index is 12.9. The van der Waals surface area contributed by atoms with Crippen LogP contribution in [0.25, 0.3) is 0 Å². The summed E-state index contributed by atoms with van der Waals surface area (Å²) in [5, 5.41) is 1.80. The first-order chi connectivity index (χ1) is 7.84. The molecule has 0 N–H and O–H groups in total. The minimum atomic E-state index is -0.102. The lowest BCUT2D eigenvalue weighted by molar-refractivity contribution is 0.481. The van der Waals surface area contributed by atoms with Crippen LogP contribution in [0.5, 0.6) is 0 Å². The Morgan fingerprint density at radius 2 is 1.38 bits per heavy atom. The van der Waals surface area contributed by atoms with Gasteiger partial charge < -0.3 is 0 Å². The van der Waals surface area contributed by atoms with Gasteiger partial charge in [0.15, 0.2) is 4.90 Å². The van der Waals surface area contributed by atoms with E-state index in [1.165, 1.54) is 43.4 Å². The van der Waals surface area contributed by atoms with Crippen molar-refractivity contribution in [2.75, 3.05) is 0 Å². The van der Waals surface area contributed by atoms with Crippen molar-refractivity contribution in [3.05, 3.63) is 30.1 Å². The Bertz CT molecular complexity index is 338. The molecule has 2 fully saturated rings. The smallest absolute Gasteiger partial charge is 0.155 e. The van der Waals surface area contributed by atoms with Crippen LogP contribution >= 0.6 is 0 Å². The minimum Gasteiger partial charge on any atom is -0.207 e. The van der Waals surface area contributed by atoms with Gasteiger partial charge >= 0.3 is 0 Å². The molecular weight excluding hydrogens is 219 g/mol. The molecule has 0 aromatic heterocycles. The summed E-state index contributed by atoms with van der Waals surface area (Å²) in [5.41, 5.74) is 0. The Kier molecular flexibility index (Phi) is 2.93.